The summed E-state index contributed by atoms with van der Waals surface area (Å²) in [7, 11) is 0. The van der Waals surface area contributed by atoms with Crippen LogP contribution in [0, 0.1) is 5.41 Å². The van der Waals surface area contributed by atoms with E-state index in [1.165, 1.54) is 0 Å². The highest BCUT2D eigenvalue weighted by Crippen LogP contribution is 2.48. The Kier molecular flexibility index (Phi) is 6.39. The van der Waals surface area contributed by atoms with Crippen LogP contribution in [0.4, 0.5) is 17.3 Å². The van der Waals surface area contributed by atoms with Gasteiger partial charge in [0.1, 0.15) is 0 Å². The van der Waals surface area contributed by atoms with Crippen molar-refractivity contribution in [1.82, 2.24) is 14.9 Å². The zero-order valence-electron chi connectivity index (χ0n) is 21.8. The Morgan fingerprint density at radius 3 is 2.53 bits per heavy atom. The number of aromatic nitrogens is 2. The van der Waals surface area contributed by atoms with Gasteiger partial charge in [0.2, 0.25) is 11.9 Å². The van der Waals surface area contributed by atoms with Gasteiger partial charge in [0.25, 0.3) is 0 Å². The zero-order chi connectivity index (χ0) is 26.3. The number of anilines is 3. The minimum atomic E-state index is -0.312. The number of thiophene rings is 1. The Hall–Kier alpha value is -3.72. The first-order valence-corrected chi connectivity index (χ1v) is 14.0. The van der Waals surface area contributed by atoms with Crippen molar-refractivity contribution in [3.63, 3.8) is 0 Å². The lowest BCUT2D eigenvalue weighted by Crippen LogP contribution is -2.52. The molecule has 6 rings (SSSR count). The maximum Gasteiger partial charge on any atom is 0.242 e. The summed E-state index contributed by atoms with van der Waals surface area (Å²) in [5, 5.41) is 5.67. The van der Waals surface area contributed by atoms with Gasteiger partial charge in [0.15, 0.2) is 5.78 Å². The first-order valence-electron chi connectivity index (χ1n) is 13.1. The number of rotatable bonds is 4. The van der Waals surface area contributed by atoms with Crippen molar-refractivity contribution in [2.75, 3.05) is 47.8 Å². The fourth-order valence-corrected chi connectivity index (χ4v) is 6.67. The number of benzene rings is 1. The number of piperazine rings is 1. The van der Waals surface area contributed by atoms with Crippen LogP contribution in [0.3, 0.4) is 0 Å². The van der Waals surface area contributed by atoms with Gasteiger partial charge >= 0.3 is 0 Å². The van der Waals surface area contributed by atoms with E-state index in [0.29, 0.717) is 38.5 Å². The van der Waals surface area contributed by atoms with Crippen LogP contribution < -0.4 is 15.1 Å². The summed E-state index contributed by atoms with van der Waals surface area (Å²) in [4.78, 5) is 43.5. The Bertz CT molecular complexity index is 1360. The van der Waals surface area contributed by atoms with Crippen molar-refractivity contribution in [1.29, 1.82) is 0 Å². The Morgan fingerprint density at radius 2 is 1.79 bits per heavy atom. The topological polar surface area (TPSA) is 81.7 Å². The molecule has 1 fully saturated rings. The molecule has 0 saturated carbocycles. The number of carbonyl (C=O) groups excluding carboxylic acids is 2. The lowest BCUT2D eigenvalue weighted by molar-refractivity contribution is -0.130. The maximum absolute atomic E-state index is 13.8. The van der Waals surface area contributed by atoms with E-state index in [4.69, 9.17) is 0 Å². The van der Waals surface area contributed by atoms with E-state index in [1.807, 2.05) is 34.5 Å². The first-order chi connectivity index (χ1) is 18.4. The molecule has 8 nitrogen and oxygen atoms in total. The van der Waals surface area contributed by atoms with Gasteiger partial charge in [-0.2, -0.15) is 0 Å². The molecule has 2 aromatic heterocycles. The molecule has 3 aliphatic rings. The molecule has 4 heterocycles. The third-order valence-electron chi connectivity index (χ3n) is 7.59. The van der Waals surface area contributed by atoms with E-state index >= 15 is 0 Å². The van der Waals surface area contributed by atoms with Gasteiger partial charge in [0, 0.05) is 61.1 Å². The van der Waals surface area contributed by atoms with Crippen molar-refractivity contribution in [3.8, 4) is 0 Å². The van der Waals surface area contributed by atoms with Gasteiger partial charge in [-0.15, -0.1) is 11.3 Å². The number of hydrogen-bond acceptors (Lipinski definition) is 8. The predicted octanol–water partition coefficient (Wildman–Crippen LogP) is 4.50. The van der Waals surface area contributed by atoms with Crippen molar-refractivity contribution in [2.45, 2.75) is 32.7 Å². The van der Waals surface area contributed by atoms with E-state index in [-0.39, 0.29) is 29.7 Å². The van der Waals surface area contributed by atoms with Crippen LogP contribution in [0.15, 0.2) is 71.5 Å². The van der Waals surface area contributed by atoms with E-state index in [0.717, 1.165) is 33.9 Å². The number of nitrogens with zero attached hydrogens (tertiary/aromatic N) is 5. The van der Waals surface area contributed by atoms with Crippen LogP contribution >= 0.6 is 11.3 Å². The van der Waals surface area contributed by atoms with Gasteiger partial charge in [-0.3, -0.25) is 9.59 Å². The smallest absolute Gasteiger partial charge is 0.242 e. The highest BCUT2D eigenvalue weighted by molar-refractivity contribution is 7.10. The average molecular weight is 529 g/mol. The molecular weight excluding hydrogens is 496 g/mol. The summed E-state index contributed by atoms with van der Waals surface area (Å²) >= 11 is 1.63. The van der Waals surface area contributed by atoms with E-state index in [2.05, 4.69) is 51.1 Å². The number of hydrogen-bond donors (Lipinski definition) is 1. The lowest BCUT2D eigenvalue weighted by atomic mass is 9.74. The number of para-hydroxylation sites is 2. The molecule has 9 heteroatoms. The van der Waals surface area contributed by atoms with Crippen LogP contribution in [0.25, 0.3) is 0 Å². The fraction of sp³-hybridized carbons (Fsp3) is 0.379. The lowest BCUT2D eigenvalue weighted by Gasteiger charge is -2.39. The van der Waals surface area contributed by atoms with Crippen molar-refractivity contribution in [2.24, 2.45) is 5.41 Å². The molecule has 1 aromatic carbocycles. The molecule has 196 valence electrons. The van der Waals surface area contributed by atoms with Gasteiger partial charge in [-0.05, 0) is 41.5 Å². The number of nitrogens with one attached hydrogen (secondary N) is 1. The molecule has 1 amide bonds. The average Bonchev–Trinajstić information content (AvgIpc) is 3.40. The molecule has 2 aliphatic heterocycles. The van der Waals surface area contributed by atoms with E-state index in [1.54, 1.807) is 29.8 Å². The van der Waals surface area contributed by atoms with E-state index in [9.17, 15) is 9.59 Å². The molecule has 1 saturated heterocycles. The van der Waals surface area contributed by atoms with Gasteiger partial charge in [-0.1, -0.05) is 32.0 Å². The number of Topliss-reactive ketones (excluding diaryl/α,β-unsaturated/α-hetero) is 1. The van der Waals surface area contributed by atoms with Crippen LogP contribution in [0.1, 0.15) is 37.6 Å². The normalized spacial score (nSPS) is 20.9. The molecule has 0 radical (unpaired) electrons. The van der Waals surface area contributed by atoms with Crippen molar-refractivity contribution < 1.29 is 9.59 Å². The molecule has 1 aliphatic carbocycles. The van der Waals surface area contributed by atoms with Crippen molar-refractivity contribution >= 4 is 40.4 Å². The van der Waals surface area contributed by atoms with Crippen LogP contribution in [0.5, 0.6) is 0 Å². The number of allylic oxidation sites excluding steroid dienone is 1. The van der Waals surface area contributed by atoms with Gasteiger partial charge in [-0.25, -0.2) is 9.97 Å². The van der Waals surface area contributed by atoms with E-state index < -0.39 is 0 Å². The largest absolute Gasteiger partial charge is 0.357 e. The van der Waals surface area contributed by atoms with Crippen LogP contribution in [0.2, 0.25) is 0 Å². The highest BCUT2D eigenvalue weighted by Gasteiger charge is 2.42. The Labute approximate surface area is 227 Å². The monoisotopic (exact) mass is 528 g/mol. The van der Waals surface area contributed by atoms with Gasteiger partial charge in [0.05, 0.1) is 24.0 Å². The van der Waals surface area contributed by atoms with Gasteiger partial charge < -0.3 is 20.0 Å². The summed E-state index contributed by atoms with van der Waals surface area (Å²) in [6.07, 6.45) is 4.77. The first kappa shape index (κ1) is 24.6. The number of carbonyl (C=O) groups is 2. The predicted molar refractivity (Wildman–Crippen MR) is 150 cm³/mol. The zero-order valence-corrected chi connectivity index (χ0v) is 22.6. The Morgan fingerprint density at radius 1 is 1.03 bits per heavy atom. The minimum absolute atomic E-state index is 0.0580. The molecule has 0 bridgehead atoms. The third-order valence-corrected chi connectivity index (χ3v) is 8.51. The number of amides is 1. The standard InChI is InChI=1S/C29H32N6O2S/c1-29(2)17-21-26(23(36)18-29)27(24-9-5-16-38-24)35(22-8-4-3-7-20(22)32-21)19-25(37)33-12-14-34(15-13-33)28-30-10-6-11-31-28/h3-11,16,27,32H,12-15,17-19H2,1-2H3. The number of ketones is 1. The maximum atomic E-state index is 13.8. The van der Waals surface area contributed by atoms with Crippen molar-refractivity contribution in [3.05, 3.63) is 76.4 Å². The third kappa shape index (κ3) is 4.67. The molecule has 1 unspecified atom stereocenters. The fourth-order valence-electron chi connectivity index (χ4n) is 5.83. The summed E-state index contributed by atoms with van der Waals surface area (Å²) in [6, 6.07) is 13.7. The van der Waals surface area contributed by atoms with Crippen LogP contribution in [-0.2, 0) is 9.59 Å². The second-order valence-electron chi connectivity index (χ2n) is 10.9. The molecule has 1 N–H and O–H groups in total. The molecule has 0 spiro atoms. The summed E-state index contributed by atoms with van der Waals surface area (Å²) in [5.41, 5.74) is 3.52. The SMILES string of the molecule is CC1(C)CC(=O)C2=C(C1)Nc1ccccc1N(CC(=O)N1CCN(c3ncccn3)CC1)C2c1cccs1. The molecule has 3 aromatic rings. The quantitative estimate of drug-likeness (QED) is 0.534. The van der Waals surface area contributed by atoms with Crippen LogP contribution in [-0.4, -0.2) is 59.3 Å². The highest BCUT2D eigenvalue weighted by atomic mass is 32.1. The second-order valence-corrected chi connectivity index (χ2v) is 11.9. The second kappa shape index (κ2) is 9.87. The summed E-state index contributed by atoms with van der Waals surface area (Å²) in [5.74, 6) is 0.912. The molecule has 38 heavy (non-hydrogen) atoms. The summed E-state index contributed by atoms with van der Waals surface area (Å²) < 4.78 is 0. The molecule has 1 atom stereocenters. The molecular formula is C29H32N6O2S. The Balaban J connectivity index is 1.33. The number of fused-ring (bicyclic) bond motifs is 1. The minimum Gasteiger partial charge on any atom is -0.357 e. The summed E-state index contributed by atoms with van der Waals surface area (Å²) in [6.45, 7) is 7.07.